The molecule has 3 rings (SSSR count). The molecule has 0 bridgehead atoms. The van der Waals surface area contributed by atoms with Gasteiger partial charge in [-0.15, -0.1) is 11.3 Å². The molecule has 1 aromatic carbocycles. The Bertz CT molecular complexity index is 955. The Balaban J connectivity index is 1.37. The van der Waals surface area contributed by atoms with Gasteiger partial charge in [0, 0.05) is 17.8 Å². The lowest BCUT2D eigenvalue weighted by atomic mass is 9.95. The Labute approximate surface area is 213 Å². The van der Waals surface area contributed by atoms with Gasteiger partial charge in [-0.3, -0.25) is 4.79 Å². The van der Waals surface area contributed by atoms with Crippen molar-refractivity contribution >= 4 is 23.2 Å². The molecule has 1 amide bonds. The third-order valence-corrected chi connectivity index (χ3v) is 7.95. The van der Waals surface area contributed by atoms with Gasteiger partial charge in [-0.1, -0.05) is 62.2 Å². The number of benzene rings is 1. The van der Waals surface area contributed by atoms with Crippen LogP contribution in [0.25, 0.3) is 0 Å². The topological polar surface area (TPSA) is 66.8 Å². The molecule has 0 saturated carbocycles. The van der Waals surface area contributed by atoms with Crippen molar-refractivity contribution in [2.24, 2.45) is 5.92 Å². The van der Waals surface area contributed by atoms with Crippen LogP contribution < -0.4 is 0 Å². The lowest BCUT2D eigenvalue weighted by molar-refractivity contribution is -0.128. The predicted octanol–water partition coefficient (Wildman–Crippen LogP) is 5.81. The molecule has 0 aliphatic carbocycles. The smallest absolute Gasteiger partial charge is 0.348 e. The molecule has 0 spiro atoms. The molecule has 1 N–H and O–H groups in total. The average Bonchev–Trinajstić information content (AvgIpc) is 3.49. The maximum atomic E-state index is 12.4. The molecule has 0 radical (unpaired) electrons. The van der Waals surface area contributed by atoms with E-state index in [9.17, 15) is 14.7 Å². The highest BCUT2D eigenvalue weighted by Gasteiger charge is 2.28. The quantitative estimate of drug-likeness (QED) is 0.203. The normalized spacial score (nSPS) is 17.7. The maximum absolute atomic E-state index is 12.4. The van der Waals surface area contributed by atoms with Gasteiger partial charge in [-0.25, -0.2) is 4.79 Å². The summed E-state index contributed by atoms with van der Waals surface area (Å²) in [4.78, 5) is 27.7. The summed E-state index contributed by atoms with van der Waals surface area (Å²) in [6.45, 7) is 2.79. The number of rotatable bonds is 14. The van der Waals surface area contributed by atoms with E-state index in [1.165, 1.54) is 36.9 Å². The number of likely N-dealkylation sites (tertiary alicyclic amines) is 1. The Morgan fingerprint density at radius 1 is 1.14 bits per heavy atom. The number of hydrogen-bond acceptors (Lipinski definition) is 5. The van der Waals surface area contributed by atoms with E-state index in [1.54, 1.807) is 6.07 Å². The van der Waals surface area contributed by atoms with Crippen molar-refractivity contribution in [1.29, 1.82) is 0 Å². The highest BCUT2D eigenvalue weighted by atomic mass is 32.1. The molecule has 1 saturated heterocycles. The number of methoxy groups -OCH3 is 1. The number of esters is 1. The lowest BCUT2D eigenvalue weighted by Crippen LogP contribution is -2.33. The van der Waals surface area contributed by atoms with Crippen LogP contribution in [0.2, 0.25) is 0 Å². The minimum Gasteiger partial charge on any atom is -0.465 e. The fraction of sp³-hybridized carbons (Fsp3) is 0.517. The first kappa shape index (κ1) is 27.2. The van der Waals surface area contributed by atoms with Gasteiger partial charge in [0.05, 0.1) is 19.3 Å². The molecule has 1 aliphatic heterocycles. The van der Waals surface area contributed by atoms with E-state index < -0.39 is 6.10 Å². The van der Waals surface area contributed by atoms with Crippen LogP contribution in [0.5, 0.6) is 0 Å². The number of ether oxygens (including phenoxy) is 1. The largest absolute Gasteiger partial charge is 0.465 e. The summed E-state index contributed by atoms with van der Waals surface area (Å²) in [5.41, 5.74) is 1.39. The molecule has 0 unspecified atom stereocenters. The second-order valence-electron chi connectivity index (χ2n) is 9.49. The summed E-state index contributed by atoms with van der Waals surface area (Å²) >= 11 is 1.45. The van der Waals surface area contributed by atoms with Crippen molar-refractivity contribution in [1.82, 2.24) is 4.90 Å². The first-order valence-electron chi connectivity index (χ1n) is 12.8. The van der Waals surface area contributed by atoms with E-state index in [2.05, 4.69) is 37.3 Å². The van der Waals surface area contributed by atoms with Gasteiger partial charge >= 0.3 is 5.97 Å². The number of aryl methyl sites for hydroxylation is 2. The van der Waals surface area contributed by atoms with Gasteiger partial charge < -0.3 is 14.7 Å². The molecule has 1 aromatic heterocycles. The minimum absolute atomic E-state index is 0.0594. The van der Waals surface area contributed by atoms with E-state index in [0.29, 0.717) is 17.8 Å². The van der Waals surface area contributed by atoms with Gasteiger partial charge in [-0.2, -0.15) is 0 Å². The van der Waals surface area contributed by atoms with Crippen LogP contribution in [0.3, 0.4) is 0 Å². The standard InChI is InChI=1S/C29H39NO4S/c1-22(10-5-3-6-11-23-12-7-4-8-13-23)26(31)18-15-24-16-20-28(32)30(24)21-9-14-25-17-19-27(35-25)29(33)34-2/h4,7-8,12-13,15,17-19,22,24,26,31H,3,5-6,9-11,14,16,20-21H2,1-2H3/t22-,24-,26-/m0/s1. The molecule has 2 aromatic rings. The van der Waals surface area contributed by atoms with E-state index in [0.717, 1.165) is 43.4 Å². The van der Waals surface area contributed by atoms with Crippen LogP contribution >= 0.6 is 11.3 Å². The first-order valence-corrected chi connectivity index (χ1v) is 13.7. The van der Waals surface area contributed by atoms with Crippen molar-refractivity contribution in [2.45, 2.75) is 76.9 Å². The molecule has 1 aliphatic rings. The number of hydrogen-bond donors (Lipinski definition) is 1. The lowest BCUT2D eigenvalue weighted by Gasteiger charge is -2.23. The summed E-state index contributed by atoms with van der Waals surface area (Å²) in [6.07, 6.45) is 12.1. The summed E-state index contributed by atoms with van der Waals surface area (Å²) in [6, 6.07) is 14.4. The zero-order valence-corrected chi connectivity index (χ0v) is 21.8. The van der Waals surface area contributed by atoms with Crippen molar-refractivity contribution < 1.29 is 19.4 Å². The van der Waals surface area contributed by atoms with E-state index >= 15 is 0 Å². The first-order chi connectivity index (χ1) is 17.0. The number of carbonyl (C=O) groups excluding carboxylic acids is 2. The van der Waals surface area contributed by atoms with Crippen LogP contribution in [0.15, 0.2) is 54.6 Å². The summed E-state index contributed by atoms with van der Waals surface area (Å²) in [5, 5.41) is 10.6. The fourth-order valence-electron chi connectivity index (χ4n) is 4.61. The van der Waals surface area contributed by atoms with E-state index in [1.807, 2.05) is 23.1 Å². The fourth-order valence-corrected chi connectivity index (χ4v) is 5.58. The predicted molar refractivity (Wildman–Crippen MR) is 142 cm³/mol. The van der Waals surface area contributed by atoms with Crippen molar-refractivity contribution in [2.75, 3.05) is 13.7 Å². The molecule has 5 nitrogen and oxygen atoms in total. The Hall–Kier alpha value is -2.44. The van der Waals surface area contributed by atoms with Crippen LogP contribution in [-0.4, -0.2) is 47.7 Å². The maximum Gasteiger partial charge on any atom is 0.348 e. The Morgan fingerprint density at radius 2 is 1.94 bits per heavy atom. The van der Waals surface area contributed by atoms with Gasteiger partial charge in [-0.05, 0) is 62.1 Å². The van der Waals surface area contributed by atoms with E-state index in [-0.39, 0.29) is 23.8 Å². The third-order valence-electron chi connectivity index (χ3n) is 6.83. The summed E-state index contributed by atoms with van der Waals surface area (Å²) < 4.78 is 4.77. The molecule has 6 heteroatoms. The second-order valence-corrected chi connectivity index (χ2v) is 10.7. The SMILES string of the molecule is COC(=O)c1ccc(CCCN2C(=O)CC[C@@H]2C=C[C@H](O)[C@@H](C)CCCCCc2ccccc2)s1. The highest BCUT2D eigenvalue weighted by Crippen LogP contribution is 2.24. The monoisotopic (exact) mass is 497 g/mol. The molecule has 2 heterocycles. The van der Waals surface area contributed by atoms with E-state index in [4.69, 9.17) is 4.74 Å². The van der Waals surface area contributed by atoms with Crippen LogP contribution in [-0.2, 0) is 22.4 Å². The third kappa shape index (κ3) is 8.62. The number of nitrogens with zero attached hydrogens (tertiary/aromatic N) is 1. The zero-order chi connectivity index (χ0) is 25.0. The molecule has 35 heavy (non-hydrogen) atoms. The van der Waals surface area contributed by atoms with Crippen LogP contribution in [0.4, 0.5) is 0 Å². The van der Waals surface area contributed by atoms with Gasteiger partial charge in [0.25, 0.3) is 0 Å². The number of thiophene rings is 1. The second kappa shape index (κ2) is 14.2. The zero-order valence-electron chi connectivity index (χ0n) is 21.0. The molecular weight excluding hydrogens is 458 g/mol. The van der Waals surface area contributed by atoms with Crippen molar-refractivity contribution in [3.63, 3.8) is 0 Å². The average molecular weight is 498 g/mol. The van der Waals surface area contributed by atoms with Gasteiger partial charge in [0.2, 0.25) is 5.91 Å². The van der Waals surface area contributed by atoms with Gasteiger partial charge in [0.1, 0.15) is 4.88 Å². The number of unbranched alkanes of at least 4 members (excludes halogenated alkanes) is 2. The van der Waals surface area contributed by atoms with Crippen molar-refractivity contribution in [3.8, 4) is 0 Å². The highest BCUT2D eigenvalue weighted by molar-refractivity contribution is 7.13. The number of carbonyl (C=O) groups is 2. The summed E-state index contributed by atoms with van der Waals surface area (Å²) in [7, 11) is 1.39. The van der Waals surface area contributed by atoms with Crippen molar-refractivity contribution in [3.05, 3.63) is 69.9 Å². The molecule has 190 valence electrons. The minimum atomic E-state index is -0.482. The summed E-state index contributed by atoms with van der Waals surface area (Å²) in [5.74, 6) is 0.0829. The number of amides is 1. The molecular formula is C29H39NO4S. The number of aliphatic hydroxyl groups is 1. The Morgan fingerprint density at radius 3 is 2.71 bits per heavy atom. The Kier molecular flexibility index (Phi) is 11.0. The molecule has 3 atom stereocenters. The number of aliphatic hydroxyl groups excluding tert-OH is 1. The molecule has 1 fully saturated rings. The van der Waals surface area contributed by atoms with Crippen LogP contribution in [0.1, 0.15) is 72.0 Å². The van der Waals surface area contributed by atoms with Crippen LogP contribution in [0, 0.1) is 5.92 Å². The van der Waals surface area contributed by atoms with Gasteiger partial charge in [0.15, 0.2) is 0 Å².